The van der Waals surface area contributed by atoms with Gasteiger partial charge in [0.1, 0.15) is 5.82 Å². The second-order valence-corrected chi connectivity index (χ2v) is 7.02. The Morgan fingerprint density at radius 3 is 2.48 bits per heavy atom. The fourth-order valence-electron chi connectivity index (χ4n) is 3.28. The molecule has 0 spiro atoms. The summed E-state index contributed by atoms with van der Waals surface area (Å²) >= 11 is 0. The number of piperidine rings is 1. The average molecular weight is 370 g/mol. The monoisotopic (exact) mass is 370 g/mol. The molecule has 0 radical (unpaired) electrons. The van der Waals surface area contributed by atoms with Crippen molar-refractivity contribution < 1.29 is 14.0 Å². The summed E-state index contributed by atoms with van der Waals surface area (Å²) in [6, 6.07) is 5.48. The molecule has 1 fully saturated rings. The Balaban J connectivity index is 1.39. The van der Waals surface area contributed by atoms with Crippen LogP contribution in [0.5, 0.6) is 0 Å². The molecule has 142 valence electrons. The van der Waals surface area contributed by atoms with Crippen LogP contribution in [0.1, 0.15) is 48.9 Å². The summed E-state index contributed by atoms with van der Waals surface area (Å²) in [5.74, 6) is 2.09. The van der Waals surface area contributed by atoms with E-state index in [0.717, 1.165) is 0 Å². The van der Waals surface area contributed by atoms with E-state index < -0.39 is 5.66 Å². The smallest absolute Gasteiger partial charge is 0.251 e. The molecule has 3 rings (SSSR count). The summed E-state index contributed by atoms with van der Waals surface area (Å²) in [4.78, 5) is 26.4. The maximum absolute atomic E-state index is 12.9. The molecule has 1 aromatic carbocycles. The number of hydrogen-bond acceptors (Lipinski definition) is 4. The van der Waals surface area contributed by atoms with Crippen LogP contribution in [0.3, 0.4) is 0 Å². The minimum atomic E-state index is -0.427. The van der Waals surface area contributed by atoms with Gasteiger partial charge in [0.25, 0.3) is 5.91 Å². The van der Waals surface area contributed by atoms with Crippen molar-refractivity contribution in [2.45, 2.75) is 50.2 Å². The highest BCUT2D eigenvalue weighted by Gasteiger charge is 2.39. The fraction of sp³-hybridized carbons (Fsp3) is 0.500. The Bertz CT molecular complexity index is 755. The van der Waals surface area contributed by atoms with E-state index in [2.05, 4.69) is 21.5 Å². The van der Waals surface area contributed by atoms with Crippen LogP contribution in [0, 0.1) is 18.2 Å². The third kappa shape index (κ3) is 5.13. The first kappa shape index (κ1) is 19.0. The molecule has 1 N–H and O–H groups in total. The van der Waals surface area contributed by atoms with Gasteiger partial charge < -0.3 is 10.2 Å². The first-order chi connectivity index (χ1) is 13.0. The van der Waals surface area contributed by atoms with Gasteiger partial charge in [-0.25, -0.2) is 4.39 Å². The molecular formula is C20H23FN4O2. The van der Waals surface area contributed by atoms with Crippen LogP contribution in [0.4, 0.5) is 4.39 Å². The van der Waals surface area contributed by atoms with Crippen molar-refractivity contribution in [3.8, 4) is 12.3 Å². The van der Waals surface area contributed by atoms with Crippen molar-refractivity contribution in [1.82, 2.24) is 10.2 Å². The number of amides is 2. The van der Waals surface area contributed by atoms with Gasteiger partial charge in [-0.2, -0.15) is 10.2 Å². The lowest BCUT2D eigenvalue weighted by Crippen LogP contribution is -2.46. The van der Waals surface area contributed by atoms with Crippen LogP contribution >= 0.6 is 0 Å². The number of hydrogen-bond donors (Lipinski definition) is 1. The molecule has 0 aromatic heterocycles. The van der Waals surface area contributed by atoms with E-state index in [1.54, 1.807) is 0 Å². The summed E-state index contributed by atoms with van der Waals surface area (Å²) in [6.45, 7) is 1.22. The molecule has 2 heterocycles. The Labute approximate surface area is 158 Å². The Kier molecular flexibility index (Phi) is 5.84. The normalized spacial score (nSPS) is 18.0. The molecular weight excluding hydrogens is 347 g/mol. The van der Waals surface area contributed by atoms with Gasteiger partial charge >= 0.3 is 0 Å². The first-order valence-corrected chi connectivity index (χ1v) is 9.23. The summed E-state index contributed by atoms with van der Waals surface area (Å²) in [6.07, 6.45) is 9.01. The highest BCUT2D eigenvalue weighted by molar-refractivity contribution is 5.94. The van der Waals surface area contributed by atoms with E-state index in [0.29, 0.717) is 57.2 Å². The lowest BCUT2D eigenvalue weighted by atomic mass is 10.00. The summed E-state index contributed by atoms with van der Waals surface area (Å²) in [5.41, 5.74) is 0.00726. The van der Waals surface area contributed by atoms with Crippen molar-refractivity contribution >= 4 is 11.8 Å². The summed E-state index contributed by atoms with van der Waals surface area (Å²) < 4.78 is 12.9. The molecule has 0 unspecified atom stereocenters. The van der Waals surface area contributed by atoms with Crippen molar-refractivity contribution in [2.24, 2.45) is 10.2 Å². The van der Waals surface area contributed by atoms with Gasteiger partial charge in [0.15, 0.2) is 5.66 Å². The molecule has 6 nitrogen and oxygen atoms in total. The molecule has 2 amide bonds. The van der Waals surface area contributed by atoms with Crippen LogP contribution < -0.4 is 5.32 Å². The predicted molar refractivity (Wildman–Crippen MR) is 98.4 cm³/mol. The number of nitrogens with one attached hydrogen (secondary N) is 1. The molecule has 1 aromatic rings. The minimum absolute atomic E-state index is 0.0157. The third-order valence-electron chi connectivity index (χ3n) is 5.08. The zero-order valence-corrected chi connectivity index (χ0v) is 15.2. The van der Waals surface area contributed by atoms with Crippen molar-refractivity contribution in [3.05, 3.63) is 35.6 Å². The van der Waals surface area contributed by atoms with Gasteiger partial charge in [-0.1, -0.05) is 0 Å². The lowest BCUT2D eigenvalue weighted by Gasteiger charge is -2.32. The topological polar surface area (TPSA) is 74.1 Å². The van der Waals surface area contributed by atoms with E-state index in [4.69, 9.17) is 6.42 Å². The second-order valence-electron chi connectivity index (χ2n) is 7.02. The van der Waals surface area contributed by atoms with Crippen LogP contribution in [0.15, 0.2) is 34.5 Å². The quantitative estimate of drug-likeness (QED) is 0.750. The summed E-state index contributed by atoms with van der Waals surface area (Å²) in [5, 5.41) is 11.1. The molecule has 27 heavy (non-hydrogen) atoms. The Morgan fingerprint density at radius 1 is 1.22 bits per heavy atom. The van der Waals surface area contributed by atoms with E-state index in [-0.39, 0.29) is 23.7 Å². The average Bonchev–Trinajstić information content (AvgIpc) is 3.46. The highest BCUT2D eigenvalue weighted by atomic mass is 19.1. The second kappa shape index (κ2) is 8.30. The summed E-state index contributed by atoms with van der Waals surface area (Å²) in [7, 11) is 0. The number of carbonyl (C=O) groups is 2. The molecule has 0 saturated carbocycles. The van der Waals surface area contributed by atoms with Gasteiger partial charge in [-0.3, -0.25) is 9.59 Å². The largest absolute Gasteiger partial charge is 0.349 e. The number of halogens is 1. The number of nitrogens with zero attached hydrogens (tertiary/aromatic N) is 3. The van der Waals surface area contributed by atoms with E-state index >= 15 is 0 Å². The van der Waals surface area contributed by atoms with Gasteiger partial charge in [-0.15, -0.1) is 12.3 Å². The molecule has 7 heteroatoms. The number of rotatable bonds is 7. The maximum atomic E-state index is 12.9. The number of likely N-dealkylation sites (tertiary alicyclic amines) is 1. The Morgan fingerprint density at radius 2 is 1.89 bits per heavy atom. The van der Waals surface area contributed by atoms with E-state index in [1.807, 2.05) is 4.90 Å². The zero-order valence-electron chi connectivity index (χ0n) is 15.2. The number of terminal acetylenes is 1. The zero-order chi connectivity index (χ0) is 19.3. The van der Waals surface area contributed by atoms with Crippen molar-refractivity contribution in [1.29, 1.82) is 0 Å². The lowest BCUT2D eigenvalue weighted by molar-refractivity contribution is -0.132. The molecule has 1 saturated heterocycles. The van der Waals surface area contributed by atoms with Gasteiger partial charge in [0.2, 0.25) is 5.91 Å². The standard InChI is InChI=1S/C20H23FN4O2/c1-2-3-11-20(23-24-20)12-8-18(26)25-13-9-17(10-14-25)22-19(27)15-4-6-16(21)7-5-15/h1,4-7,17H,3,8-14H2,(H,22,27). The Hall–Kier alpha value is -2.75. The predicted octanol–water partition coefficient (Wildman–Crippen LogP) is 2.90. The highest BCUT2D eigenvalue weighted by Crippen LogP contribution is 2.37. The van der Waals surface area contributed by atoms with Crippen LogP contribution in [-0.2, 0) is 4.79 Å². The molecule has 0 atom stereocenters. The van der Waals surface area contributed by atoms with Crippen LogP contribution in [0.2, 0.25) is 0 Å². The van der Waals surface area contributed by atoms with E-state index in [1.165, 1.54) is 24.3 Å². The molecule has 2 aliphatic rings. The number of benzene rings is 1. The molecule has 0 aliphatic carbocycles. The van der Waals surface area contributed by atoms with Crippen LogP contribution in [-0.4, -0.2) is 41.5 Å². The maximum Gasteiger partial charge on any atom is 0.251 e. The number of carbonyl (C=O) groups excluding carboxylic acids is 2. The molecule has 2 aliphatic heterocycles. The van der Waals surface area contributed by atoms with Crippen molar-refractivity contribution in [2.75, 3.05) is 13.1 Å². The van der Waals surface area contributed by atoms with Crippen LogP contribution in [0.25, 0.3) is 0 Å². The van der Waals surface area contributed by atoms with Gasteiger partial charge in [0, 0.05) is 50.4 Å². The van der Waals surface area contributed by atoms with Crippen molar-refractivity contribution in [3.63, 3.8) is 0 Å². The van der Waals surface area contributed by atoms with E-state index in [9.17, 15) is 14.0 Å². The third-order valence-corrected chi connectivity index (χ3v) is 5.08. The van der Waals surface area contributed by atoms with Gasteiger partial charge in [0.05, 0.1) is 0 Å². The SMILES string of the molecule is C#CCCC1(CCC(=O)N2CCC(NC(=O)c3ccc(F)cc3)CC2)N=N1. The first-order valence-electron chi connectivity index (χ1n) is 9.23. The fourth-order valence-corrected chi connectivity index (χ4v) is 3.28. The minimum Gasteiger partial charge on any atom is -0.349 e. The molecule has 0 bridgehead atoms. The van der Waals surface area contributed by atoms with Gasteiger partial charge in [-0.05, 0) is 37.1 Å².